The highest BCUT2D eigenvalue weighted by Gasteiger charge is 2.14. The first kappa shape index (κ1) is 17.8. The molecule has 1 aromatic carbocycles. The summed E-state index contributed by atoms with van der Waals surface area (Å²) in [5.41, 5.74) is 0.782. The van der Waals surface area contributed by atoms with E-state index in [0.717, 1.165) is 0 Å². The van der Waals surface area contributed by atoms with Crippen molar-refractivity contribution in [3.63, 3.8) is 0 Å². The smallest absolute Gasteiger partial charge is 0.337 e. The molecular formula is C17H23ClN2O3. The van der Waals surface area contributed by atoms with Crippen molar-refractivity contribution in [1.29, 1.82) is 0 Å². The molecule has 1 fully saturated rings. The van der Waals surface area contributed by atoms with Crippen LogP contribution in [0.2, 0.25) is 5.02 Å². The van der Waals surface area contributed by atoms with Gasteiger partial charge in [0.05, 0.1) is 23.4 Å². The lowest BCUT2D eigenvalue weighted by molar-refractivity contribution is -0.116. The van der Waals surface area contributed by atoms with Gasteiger partial charge in [-0.05, 0) is 31.0 Å². The molecule has 1 amide bonds. The molecule has 0 radical (unpaired) electrons. The summed E-state index contributed by atoms with van der Waals surface area (Å²) >= 11 is 6.06. The number of methoxy groups -OCH3 is 1. The highest BCUT2D eigenvalue weighted by molar-refractivity contribution is 6.33. The average molecular weight is 339 g/mol. The Morgan fingerprint density at radius 1 is 1.26 bits per heavy atom. The lowest BCUT2D eigenvalue weighted by Crippen LogP contribution is -2.33. The van der Waals surface area contributed by atoms with Gasteiger partial charge in [-0.1, -0.05) is 30.9 Å². The molecule has 0 saturated heterocycles. The molecule has 0 aliphatic heterocycles. The van der Waals surface area contributed by atoms with E-state index in [1.54, 1.807) is 12.1 Å². The maximum atomic E-state index is 12.0. The topological polar surface area (TPSA) is 67.4 Å². The van der Waals surface area contributed by atoms with Crippen molar-refractivity contribution in [2.45, 2.75) is 44.6 Å². The number of amides is 1. The lowest BCUT2D eigenvalue weighted by Gasteiger charge is -2.22. The first-order valence-electron chi connectivity index (χ1n) is 8.01. The van der Waals surface area contributed by atoms with Crippen LogP contribution in [-0.2, 0) is 9.53 Å². The number of ether oxygens (including phenoxy) is 1. The summed E-state index contributed by atoms with van der Waals surface area (Å²) in [5, 5.41) is 6.57. The van der Waals surface area contributed by atoms with Crippen LogP contribution < -0.4 is 10.6 Å². The lowest BCUT2D eigenvalue weighted by atomic mass is 9.95. The Hall–Kier alpha value is -1.59. The second kappa shape index (κ2) is 8.89. The fourth-order valence-corrected chi connectivity index (χ4v) is 2.94. The molecule has 0 heterocycles. The zero-order valence-electron chi connectivity index (χ0n) is 13.4. The largest absolute Gasteiger partial charge is 0.465 e. The number of rotatable bonds is 6. The summed E-state index contributed by atoms with van der Waals surface area (Å²) < 4.78 is 4.66. The van der Waals surface area contributed by atoms with Gasteiger partial charge in [0.2, 0.25) is 5.91 Å². The van der Waals surface area contributed by atoms with E-state index >= 15 is 0 Å². The van der Waals surface area contributed by atoms with E-state index in [2.05, 4.69) is 15.4 Å². The second-order valence-electron chi connectivity index (χ2n) is 5.77. The van der Waals surface area contributed by atoms with Gasteiger partial charge in [0, 0.05) is 19.0 Å². The molecule has 0 aromatic heterocycles. The van der Waals surface area contributed by atoms with Crippen molar-refractivity contribution in [1.82, 2.24) is 5.32 Å². The first-order valence-corrected chi connectivity index (χ1v) is 8.39. The van der Waals surface area contributed by atoms with Gasteiger partial charge in [0.1, 0.15) is 0 Å². The monoisotopic (exact) mass is 338 g/mol. The summed E-state index contributed by atoms with van der Waals surface area (Å²) in [4.78, 5) is 23.6. The number of esters is 1. The Morgan fingerprint density at radius 3 is 2.70 bits per heavy atom. The molecule has 23 heavy (non-hydrogen) atoms. The van der Waals surface area contributed by atoms with Crippen LogP contribution in [0.4, 0.5) is 5.69 Å². The summed E-state index contributed by atoms with van der Waals surface area (Å²) in [6.45, 7) is 0.644. The minimum atomic E-state index is -0.462. The number of hydrogen-bond acceptors (Lipinski definition) is 4. The van der Waals surface area contributed by atoms with Crippen LogP contribution >= 0.6 is 11.6 Å². The van der Waals surface area contributed by atoms with Crippen molar-refractivity contribution in [2.24, 2.45) is 0 Å². The predicted molar refractivity (Wildman–Crippen MR) is 90.9 cm³/mol. The third-order valence-corrected chi connectivity index (χ3v) is 4.38. The number of hydrogen-bond donors (Lipinski definition) is 2. The fraction of sp³-hybridized carbons (Fsp3) is 0.529. The van der Waals surface area contributed by atoms with Gasteiger partial charge in [0.15, 0.2) is 0 Å². The molecule has 1 aliphatic rings. The SMILES string of the molecule is COC(=O)c1ccc(Cl)c(NC(=O)CCNC2CCCCC2)c1. The number of carbonyl (C=O) groups is 2. The van der Waals surface area contributed by atoms with Crippen molar-refractivity contribution >= 4 is 29.2 Å². The van der Waals surface area contributed by atoms with Crippen LogP contribution in [0.25, 0.3) is 0 Å². The normalized spacial score (nSPS) is 15.2. The molecule has 126 valence electrons. The molecule has 1 aliphatic carbocycles. The molecule has 0 bridgehead atoms. The van der Waals surface area contributed by atoms with E-state index in [1.807, 2.05) is 0 Å². The van der Waals surface area contributed by atoms with Crippen LogP contribution in [0.3, 0.4) is 0 Å². The van der Waals surface area contributed by atoms with Crippen molar-refractivity contribution in [3.8, 4) is 0 Å². The van der Waals surface area contributed by atoms with E-state index < -0.39 is 5.97 Å². The van der Waals surface area contributed by atoms with Crippen LogP contribution in [0.5, 0.6) is 0 Å². The van der Waals surface area contributed by atoms with Crippen molar-refractivity contribution < 1.29 is 14.3 Å². The minimum Gasteiger partial charge on any atom is -0.465 e. The van der Waals surface area contributed by atoms with Gasteiger partial charge < -0.3 is 15.4 Å². The molecule has 1 aromatic rings. The van der Waals surface area contributed by atoms with Gasteiger partial charge in [-0.15, -0.1) is 0 Å². The van der Waals surface area contributed by atoms with Gasteiger partial charge in [-0.3, -0.25) is 4.79 Å². The van der Waals surface area contributed by atoms with Crippen molar-refractivity contribution in [3.05, 3.63) is 28.8 Å². The zero-order valence-corrected chi connectivity index (χ0v) is 14.1. The molecule has 2 N–H and O–H groups in total. The third kappa shape index (κ3) is 5.52. The standard InChI is InChI=1S/C17H23ClN2O3/c1-23-17(22)12-7-8-14(18)15(11-12)20-16(21)9-10-19-13-5-3-2-4-6-13/h7-8,11,13,19H,2-6,9-10H2,1H3,(H,20,21). The van der Waals surface area contributed by atoms with Gasteiger partial charge in [-0.25, -0.2) is 4.79 Å². The number of halogens is 1. The second-order valence-corrected chi connectivity index (χ2v) is 6.18. The fourth-order valence-electron chi connectivity index (χ4n) is 2.78. The minimum absolute atomic E-state index is 0.128. The molecule has 0 spiro atoms. The Morgan fingerprint density at radius 2 is 2.00 bits per heavy atom. The molecule has 1 saturated carbocycles. The predicted octanol–water partition coefficient (Wildman–Crippen LogP) is 3.38. The number of anilines is 1. The van der Waals surface area contributed by atoms with E-state index in [0.29, 0.717) is 35.3 Å². The maximum Gasteiger partial charge on any atom is 0.337 e. The number of carbonyl (C=O) groups excluding carboxylic acids is 2. The van der Waals surface area contributed by atoms with Crippen molar-refractivity contribution in [2.75, 3.05) is 19.0 Å². The number of nitrogens with one attached hydrogen (secondary N) is 2. The Bertz CT molecular complexity index is 557. The van der Waals surface area contributed by atoms with Crippen LogP contribution in [-0.4, -0.2) is 31.6 Å². The highest BCUT2D eigenvalue weighted by atomic mass is 35.5. The zero-order chi connectivity index (χ0) is 16.7. The third-order valence-electron chi connectivity index (χ3n) is 4.05. The van der Waals surface area contributed by atoms with E-state index in [1.165, 1.54) is 45.3 Å². The molecule has 6 heteroatoms. The quantitative estimate of drug-likeness (QED) is 0.780. The molecule has 5 nitrogen and oxygen atoms in total. The Kier molecular flexibility index (Phi) is 6.86. The molecule has 0 unspecified atom stereocenters. The summed E-state index contributed by atoms with van der Waals surface area (Å²) in [6, 6.07) is 5.20. The van der Waals surface area contributed by atoms with E-state index in [-0.39, 0.29) is 5.91 Å². The van der Waals surface area contributed by atoms with E-state index in [9.17, 15) is 9.59 Å². The van der Waals surface area contributed by atoms with E-state index in [4.69, 9.17) is 11.6 Å². The average Bonchev–Trinajstić information content (AvgIpc) is 2.57. The highest BCUT2D eigenvalue weighted by Crippen LogP contribution is 2.23. The summed E-state index contributed by atoms with van der Waals surface area (Å²) in [5.74, 6) is -0.589. The number of benzene rings is 1. The van der Waals surface area contributed by atoms with Crippen LogP contribution in [0.1, 0.15) is 48.9 Å². The summed E-state index contributed by atoms with van der Waals surface area (Å²) in [6.07, 6.45) is 6.59. The molecular weight excluding hydrogens is 316 g/mol. The van der Waals surface area contributed by atoms with Crippen LogP contribution in [0.15, 0.2) is 18.2 Å². The molecule has 2 rings (SSSR count). The van der Waals surface area contributed by atoms with Gasteiger partial charge in [-0.2, -0.15) is 0 Å². The summed E-state index contributed by atoms with van der Waals surface area (Å²) in [7, 11) is 1.31. The Balaban J connectivity index is 1.83. The Labute approximate surface area is 141 Å². The van der Waals surface area contributed by atoms with Gasteiger partial charge >= 0.3 is 5.97 Å². The first-order chi connectivity index (χ1) is 11.1. The molecule has 0 atom stereocenters. The van der Waals surface area contributed by atoms with Crippen LogP contribution in [0, 0.1) is 0 Å². The maximum absolute atomic E-state index is 12.0. The van der Waals surface area contributed by atoms with Gasteiger partial charge in [0.25, 0.3) is 0 Å².